The van der Waals surface area contributed by atoms with Gasteiger partial charge in [0.05, 0.1) is 5.56 Å². The van der Waals surface area contributed by atoms with E-state index in [1.54, 1.807) is 36.4 Å². The number of aryl methyl sites for hydroxylation is 3. The first-order chi connectivity index (χ1) is 13.9. The summed E-state index contributed by atoms with van der Waals surface area (Å²) in [5.41, 5.74) is 4.90. The Hall–Kier alpha value is -3.53. The summed E-state index contributed by atoms with van der Waals surface area (Å²) in [4.78, 5) is 37.1. The third-order valence-corrected chi connectivity index (χ3v) is 4.89. The monoisotopic (exact) mass is 386 g/mol. The summed E-state index contributed by atoms with van der Waals surface area (Å²) in [5, 5.41) is 0. The molecule has 3 aromatic rings. The normalized spacial score (nSPS) is 10.4. The molecular formula is C25H22O4. The number of esters is 1. The van der Waals surface area contributed by atoms with E-state index in [4.69, 9.17) is 4.74 Å². The molecule has 4 heteroatoms. The van der Waals surface area contributed by atoms with E-state index in [0.29, 0.717) is 22.3 Å². The molecule has 0 aromatic heterocycles. The largest absolute Gasteiger partial charge is 0.454 e. The molecule has 0 aliphatic carbocycles. The first-order valence-electron chi connectivity index (χ1n) is 9.35. The molecule has 0 saturated carbocycles. The number of carbonyl (C=O) groups is 3. The van der Waals surface area contributed by atoms with Crippen molar-refractivity contribution < 1.29 is 19.1 Å². The average Bonchev–Trinajstić information content (AvgIpc) is 2.74. The molecule has 3 rings (SSSR count). The second-order valence-electron chi connectivity index (χ2n) is 7.02. The highest BCUT2D eigenvalue weighted by Crippen LogP contribution is 2.17. The van der Waals surface area contributed by atoms with Gasteiger partial charge >= 0.3 is 5.97 Å². The van der Waals surface area contributed by atoms with Gasteiger partial charge in [0, 0.05) is 16.7 Å². The molecule has 0 saturated heterocycles. The van der Waals surface area contributed by atoms with Crippen LogP contribution in [-0.4, -0.2) is 24.1 Å². The maximum Gasteiger partial charge on any atom is 0.338 e. The van der Waals surface area contributed by atoms with Crippen LogP contribution in [0.1, 0.15) is 53.3 Å². The fourth-order valence-electron chi connectivity index (χ4n) is 3.07. The lowest BCUT2D eigenvalue weighted by Crippen LogP contribution is -2.15. The molecule has 0 atom stereocenters. The Kier molecular flexibility index (Phi) is 6.03. The number of benzene rings is 3. The molecule has 0 unspecified atom stereocenters. The minimum Gasteiger partial charge on any atom is -0.454 e. The summed E-state index contributed by atoms with van der Waals surface area (Å²) in [6.07, 6.45) is 0. The lowest BCUT2D eigenvalue weighted by atomic mass is 9.98. The molecule has 0 aliphatic heterocycles. The lowest BCUT2D eigenvalue weighted by Gasteiger charge is -2.10. The third kappa shape index (κ3) is 4.66. The Morgan fingerprint density at radius 2 is 1.24 bits per heavy atom. The minimum absolute atomic E-state index is 0.120. The number of ether oxygens (including phenoxy) is 1. The smallest absolute Gasteiger partial charge is 0.338 e. The molecule has 0 fully saturated rings. The number of rotatable bonds is 6. The van der Waals surface area contributed by atoms with Crippen molar-refractivity contribution in [3.05, 3.63) is 106 Å². The predicted octanol–water partition coefficient (Wildman–Crippen LogP) is 4.88. The second-order valence-corrected chi connectivity index (χ2v) is 7.02. The summed E-state index contributed by atoms with van der Waals surface area (Å²) in [6.45, 7) is 5.47. The Balaban J connectivity index is 1.65. The van der Waals surface area contributed by atoms with Gasteiger partial charge in [-0.3, -0.25) is 9.59 Å². The van der Waals surface area contributed by atoms with Crippen LogP contribution in [0, 0.1) is 20.8 Å². The van der Waals surface area contributed by atoms with Gasteiger partial charge in [-0.15, -0.1) is 0 Å². The van der Waals surface area contributed by atoms with Crippen LogP contribution in [0.5, 0.6) is 0 Å². The molecule has 0 spiro atoms. The highest BCUT2D eigenvalue weighted by Gasteiger charge is 2.15. The molecule has 0 radical (unpaired) electrons. The van der Waals surface area contributed by atoms with E-state index in [1.807, 2.05) is 39.0 Å². The first kappa shape index (κ1) is 20.2. The van der Waals surface area contributed by atoms with Crippen molar-refractivity contribution in [2.75, 3.05) is 6.61 Å². The zero-order valence-corrected chi connectivity index (χ0v) is 16.7. The van der Waals surface area contributed by atoms with Gasteiger partial charge < -0.3 is 4.74 Å². The molecule has 0 bridgehead atoms. The van der Waals surface area contributed by atoms with Gasteiger partial charge in [0.1, 0.15) is 0 Å². The van der Waals surface area contributed by atoms with Gasteiger partial charge in [-0.25, -0.2) is 4.79 Å². The Morgan fingerprint density at radius 1 is 0.690 bits per heavy atom. The van der Waals surface area contributed by atoms with Crippen LogP contribution in [-0.2, 0) is 4.74 Å². The topological polar surface area (TPSA) is 60.4 Å². The minimum atomic E-state index is -0.599. The standard InChI is InChI=1S/C25H22O4/c1-16-13-18(3)22(14-17(16)2)23(26)15-29-25(28)21-11-9-20(10-12-21)24(27)19-7-5-4-6-8-19/h4-14H,15H2,1-3H3. The van der Waals surface area contributed by atoms with Crippen LogP contribution in [0.3, 0.4) is 0 Å². The van der Waals surface area contributed by atoms with Crippen LogP contribution in [0.2, 0.25) is 0 Å². The predicted molar refractivity (Wildman–Crippen MR) is 112 cm³/mol. The number of ketones is 2. The fourth-order valence-corrected chi connectivity index (χ4v) is 3.07. The zero-order chi connectivity index (χ0) is 21.0. The quantitative estimate of drug-likeness (QED) is 0.447. The zero-order valence-electron chi connectivity index (χ0n) is 16.7. The Bertz CT molecular complexity index is 1060. The third-order valence-electron chi connectivity index (χ3n) is 4.89. The molecule has 3 aromatic carbocycles. The van der Waals surface area contributed by atoms with E-state index in [0.717, 1.165) is 16.7 Å². The summed E-state index contributed by atoms with van der Waals surface area (Å²) in [6, 6.07) is 18.9. The van der Waals surface area contributed by atoms with Gasteiger partial charge in [0.15, 0.2) is 12.4 Å². The number of Topliss-reactive ketones (excluding diaryl/α,β-unsaturated/α-hetero) is 1. The van der Waals surface area contributed by atoms with Crippen molar-refractivity contribution in [2.24, 2.45) is 0 Å². The average molecular weight is 386 g/mol. The van der Waals surface area contributed by atoms with Crippen LogP contribution in [0.15, 0.2) is 66.7 Å². The van der Waals surface area contributed by atoms with Crippen LogP contribution in [0.25, 0.3) is 0 Å². The molecule has 29 heavy (non-hydrogen) atoms. The van der Waals surface area contributed by atoms with Crippen LogP contribution < -0.4 is 0 Å². The van der Waals surface area contributed by atoms with Crippen molar-refractivity contribution in [1.29, 1.82) is 0 Å². The molecule has 146 valence electrons. The SMILES string of the molecule is Cc1cc(C)c(C(=O)COC(=O)c2ccc(C(=O)c3ccccc3)cc2)cc1C. The van der Waals surface area contributed by atoms with E-state index >= 15 is 0 Å². The number of hydrogen-bond donors (Lipinski definition) is 0. The number of carbonyl (C=O) groups excluding carboxylic acids is 3. The van der Waals surface area contributed by atoms with E-state index in [-0.39, 0.29) is 18.2 Å². The fraction of sp³-hybridized carbons (Fsp3) is 0.160. The summed E-state index contributed by atoms with van der Waals surface area (Å²) >= 11 is 0. The van der Waals surface area contributed by atoms with E-state index in [1.165, 1.54) is 12.1 Å². The van der Waals surface area contributed by atoms with Crippen molar-refractivity contribution in [2.45, 2.75) is 20.8 Å². The van der Waals surface area contributed by atoms with Gasteiger partial charge in [0.25, 0.3) is 0 Å². The van der Waals surface area contributed by atoms with Gasteiger partial charge in [-0.1, -0.05) is 48.5 Å². The lowest BCUT2D eigenvalue weighted by molar-refractivity contribution is 0.0474. The molecule has 4 nitrogen and oxygen atoms in total. The summed E-state index contributed by atoms with van der Waals surface area (Å²) in [7, 11) is 0. The van der Waals surface area contributed by atoms with Gasteiger partial charge in [0.2, 0.25) is 5.78 Å². The Labute approximate surface area is 170 Å². The van der Waals surface area contributed by atoms with Crippen molar-refractivity contribution >= 4 is 17.5 Å². The van der Waals surface area contributed by atoms with Crippen LogP contribution >= 0.6 is 0 Å². The second kappa shape index (κ2) is 8.65. The van der Waals surface area contributed by atoms with Gasteiger partial charge in [-0.05, 0) is 55.7 Å². The van der Waals surface area contributed by atoms with Crippen molar-refractivity contribution in [1.82, 2.24) is 0 Å². The number of hydrogen-bond acceptors (Lipinski definition) is 4. The van der Waals surface area contributed by atoms with E-state index < -0.39 is 5.97 Å². The maximum absolute atomic E-state index is 12.4. The molecular weight excluding hydrogens is 364 g/mol. The molecule has 0 heterocycles. The highest BCUT2D eigenvalue weighted by atomic mass is 16.5. The molecule has 0 amide bonds. The molecule has 0 aliphatic rings. The van der Waals surface area contributed by atoms with Crippen molar-refractivity contribution in [3.8, 4) is 0 Å². The Morgan fingerprint density at radius 3 is 1.90 bits per heavy atom. The van der Waals surface area contributed by atoms with Crippen molar-refractivity contribution in [3.63, 3.8) is 0 Å². The maximum atomic E-state index is 12.4. The molecule has 0 N–H and O–H groups in total. The van der Waals surface area contributed by atoms with E-state index in [9.17, 15) is 14.4 Å². The van der Waals surface area contributed by atoms with E-state index in [2.05, 4.69) is 0 Å². The summed E-state index contributed by atoms with van der Waals surface area (Å²) in [5.74, 6) is -0.959. The first-order valence-corrected chi connectivity index (χ1v) is 9.35. The van der Waals surface area contributed by atoms with Crippen LogP contribution in [0.4, 0.5) is 0 Å². The van der Waals surface area contributed by atoms with Gasteiger partial charge in [-0.2, -0.15) is 0 Å². The highest BCUT2D eigenvalue weighted by molar-refractivity contribution is 6.09. The summed E-state index contributed by atoms with van der Waals surface area (Å²) < 4.78 is 5.18.